The Bertz CT molecular complexity index is 1620. The van der Waals surface area contributed by atoms with Crippen molar-refractivity contribution in [1.82, 2.24) is 19.6 Å². The summed E-state index contributed by atoms with van der Waals surface area (Å²) >= 11 is 5.97. The first-order valence-corrected chi connectivity index (χ1v) is 13.9. The van der Waals surface area contributed by atoms with E-state index >= 15 is 0 Å². The van der Waals surface area contributed by atoms with Crippen LogP contribution in [0.4, 0.5) is 18.0 Å². The number of urea groups is 1. The summed E-state index contributed by atoms with van der Waals surface area (Å²) in [7, 11) is -4.01. The molecule has 0 bridgehead atoms. The first-order chi connectivity index (χ1) is 18.3. The lowest BCUT2D eigenvalue weighted by Gasteiger charge is -2.16. The molecule has 7 nitrogen and oxygen atoms in total. The average molecular weight is 579 g/mol. The molecule has 1 aromatic heterocycles. The van der Waals surface area contributed by atoms with Crippen molar-refractivity contribution < 1.29 is 26.4 Å². The Morgan fingerprint density at radius 1 is 1.08 bits per heavy atom. The topological polar surface area (TPSA) is 93.1 Å². The van der Waals surface area contributed by atoms with Crippen molar-refractivity contribution in [2.45, 2.75) is 50.7 Å². The highest BCUT2D eigenvalue weighted by Gasteiger charge is 2.34. The molecular formula is C27H26ClF3N4O3S. The third-order valence-corrected chi connectivity index (χ3v) is 7.77. The van der Waals surface area contributed by atoms with Crippen molar-refractivity contribution in [3.8, 4) is 5.69 Å². The molecule has 0 aliphatic carbocycles. The van der Waals surface area contributed by atoms with Gasteiger partial charge < -0.3 is 5.32 Å². The van der Waals surface area contributed by atoms with Crippen molar-refractivity contribution in [3.63, 3.8) is 0 Å². The minimum absolute atomic E-state index is 0.0131. The molecule has 0 radical (unpaired) electrons. The highest BCUT2D eigenvalue weighted by molar-refractivity contribution is 7.90. The van der Waals surface area contributed by atoms with Gasteiger partial charge in [-0.05, 0) is 62.2 Å². The third-order valence-electron chi connectivity index (χ3n) is 6.11. The molecule has 0 unspecified atom stereocenters. The summed E-state index contributed by atoms with van der Waals surface area (Å²) in [6, 6.07) is 14.4. The van der Waals surface area contributed by atoms with Gasteiger partial charge in [0, 0.05) is 18.2 Å². The number of hydrogen-bond donors (Lipinski definition) is 2. The largest absolute Gasteiger partial charge is 0.417 e. The number of alkyl halides is 3. The SMILES string of the molecule is CCc1nc2cc(C(F)(F)F)c(Cl)cc2n1-c1ccc(C[C@@H](C)NC(=O)NS(=O)(=O)c2ccc(C)cc2)cc1. The number of nitrogens with one attached hydrogen (secondary N) is 2. The Labute approximate surface area is 229 Å². The van der Waals surface area contributed by atoms with Crippen molar-refractivity contribution >= 4 is 38.7 Å². The molecule has 4 rings (SSSR count). The molecule has 12 heteroatoms. The minimum atomic E-state index is -4.59. The Kier molecular flexibility index (Phi) is 7.94. The van der Waals surface area contributed by atoms with Crippen molar-refractivity contribution in [2.24, 2.45) is 0 Å². The van der Waals surface area contributed by atoms with Crippen LogP contribution in [-0.4, -0.2) is 30.0 Å². The van der Waals surface area contributed by atoms with Gasteiger partial charge in [0.15, 0.2) is 0 Å². The number of sulfonamides is 1. The van der Waals surface area contributed by atoms with Crippen LogP contribution in [0.5, 0.6) is 0 Å². The minimum Gasteiger partial charge on any atom is -0.335 e. The number of aromatic nitrogens is 2. The van der Waals surface area contributed by atoms with Gasteiger partial charge in [-0.2, -0.15) is 13.2 Å². The fourth-order valence-electron chi connectivity index (χ4n) is 4.23. The number of benzene rings is 3. The van der Waals surface area contributed by atoms with Gasteiger partial charge in [0.2, 0.25) is 0 Å². The van der Waals surface area contributed by atoms with Crippen molar-refractivity contribution in [2.75, 3.05) is 0 Å². The van der Waals surface area contributed by atoms with Crippen LogP contribution in [0.2, 0.25) is 5.02 Å². The molecule has 0 fully saturated rings. The number of rotatable bonds is 7. The van der Waals surface area contributed by atoms with Gasteiger partial charge in [0.1, 0.15) is 5.82 Å². The second kappa shape index (κ2) is 10.9. The van der Waals surface area contributed by atoms with Gasteiger partial charge in [0.05, 0.1) is 26.5 Å². The molecule has 39 heavy (non-hydrogen) atoms. The van der Waals surface area contributed by atoms with Crippen LogP contribution in [0.1, 0.15) is 36.4 Å². The zero-order valence-corrected chi connectivity index (χ0v) is 22.9. The average Bonchev–Trinajstić information content (AvgIpc) is 3.20. The molecule has 0 aliphatic heterocycles. The van der Waals surface area contributed by atoms with E-state index in [-0.39, 0.29) is 10.4 Å². The van der Waals surface area contributed by atoms with E-state index in [1.54, 1.807) is 35.8 Å². The van der Waals surface area contributed by atoms with Crippen LogP contribution in [0.3, 0.4) is 0 Å². The van der Waals surface area contributed by atoms with E-state index in [9.17, 15) is 26.4 Å². The molecule has 2 N–H and O–H groups in total. The van der Waals surface area contributed by atoms with Gasteiger partial charge >= 0.3 is 12.2 Å². The fraction of sp³-hybridized carbons (Fsp3) is 0.259. The molecular weight excluding hydrogens is 553 g/mol. The van der Waals surface area contributed by atoms with E-state index in [0.29, 0.717) is 29.9 Å². The molecule has 3 aromatic carbocycles. The zero-order chi connectivity index (χ0) is 28.5. The van der Waals surface area contributed by atoms with Gasteiger partial charge in [-0.1, -0.05) is 48.4 Å². The molecule has 206 valence electrons. The lowest BCUT2D eigenvalue weighted by atomic mass is 10.1. The Morgan fingerprint density at radius 3 is 2.31 bits per heavy atom. The maximum absolute atomic E-state index is 13.3. The summed E-state index contributed by atoms with van der Waals surface area (Å²) in [5, 5.41) is 2.22. The van der Waals surface area contributed by atoms with Gasteiger partial charge in [-0.15, -0.1) is 0 Å². The Balaban J connectivity index is 1.48. The maximum Gasteiger partial charge on any atom is 0.417 e. The number of nitrogens with zero attached hydrogens (tertiary/aromatic N) is 2. The Hall–Kier alpha value is -3.57. The maximum atomic E-state index is 13.3. The van der Waals surface area contributed by atoms with E-state index in [2.05, 4.69) is 10.3 Å². The third kappa shape index (κ3) is 6.36. The summed E-state index contributed by atoms with van der Waals surface area (Å²) in [5.74, 6) is 0.578. The lowest BCUT2D eigenvalue weighted by Crippen LogP contribution is -2.44. The second-order valence-electron chi connectivity index (χ2n) is 9.20. The van der Waals surface area contributed by atoms with Crippen molar-refractivity contribution in [1.29, 1.82) is 0 Å². The van der Waals surface area contributed by atoms with Gasteiger partial charge in [-0.3, -0.25) is 4.57 Å². The van der Waals surface area contributed by atoms with E-state index in [4.69, 9.17) is 11.6 Å². The molecule has 1 atom stereocenters. The lowest BCUT2D eigenvalue weighted by molar-refractivity contribution is -0.137. The van der Waals surface area contributed by atoms with Crippen LogP contribution >= 0.6 is 11.6 Å². The highest BCUT2D eigenvalue weighted by atomic mass is 35.5. The quantitative estimate of drug-likeness (QED) is 0.274. The first kappa shape index (κ1) is 28.4. The van der Waals surface area contributed by atoms with Crippen LogP contribution in [0, 0.1) is 6.92 Å². The van der Waals surface area contributed by atoms with E-state index in [1.807, 2.05) is 30.7 Å². The monoisotopic (exact) mass is 578 g/mol. The Morgan fingerprint density at radius 2 is 1.72 bits per heavy atom. The predicted octanol–water partition coefficient (Wildman–Crippen LogP) is 6.19. The zero-order valence-electron chi connectivity index (χ0n) is 21.3. The van der Waals surface area contributed by atoms with E-state index < -0.39 is 38.9 Å². The molecule has 0 saturated heterocycles. The smallest absolute Gasteiger partial charge is 0.335 e. The number of aryl methyl sites for hydroxylation is 2. The van der Waals surface area contributed by atoms with Crippen LogP contribution in [0.25, 0.3) is 16.7 Å². The van der Waals surface area contributed by atoms with Crippen LogP contribution in [0.15, 0.2) is 65.6 Å². The summed E-state index contributed by atoms with van der Waals surface area (Å²) in [6.07, 6.45) is -3.70. The van der Waals surface area contributed by atoms with Gasteiger partial charge in [-0.25, -0.2) is 22.9 Å². The summed E-state index contributed by atoms with van der Waals surface area (Å²) in [4.78, 5) is 16.7. The van der Waals surface area contributed by atoms with E-state index in [0.717, 1.165) is 17.2 Å². The number of amides is 2. The van der Waals surface area contributed by atoms with Gasteiger partial charge in [0.25, 0.3) is 10.0 Å². The number of carbonyl (C=O) groups is 1. The molecule has 0 aliphatic rings. The molecule has 4 aromatic rings. The molecule has 0 spiro atoms. The second-order valence-corrected chi connectivity index (χ2v) is 11.3. The van der Waals surface area contributed by atoms with Crippen molar-refractivity contribution in [3.05, 3.63) is 88.2 Å². The van der Waals surface area contributed by atoms with Crippen LogP contribution in [-0.2, 0) is 29.0 Å². The molecule has 0 saturated carbocycles. The number of hydrogen-bond acceptors (Lipinski definition) is 4. The molecule has 1 heterocycles. The standard InChI is InChI=1S/C27H26ClF3N4O3S/c1-4-25-33-23-14-21(27(29,30)31)22(28)15-24(23)35(25)19-9-7-18(8-10-19)13-17(3)32-26(36)34-39(37,38)20-11-5-16(2)6-12-20/h5-12,14-15,17H,4,13H2,1-3H3,(H2,32,34,36)/t17-/m1/s1. The molecule has 2 amide bonds. The number of fused-ring (bicyclic) bond motifs is 1. The summed E-state index contributed by atoms with van der Waals surface area (Å²) in [5.41, 5.74) is 2.15. The fourth-order valence-corrected chi connectivity index (χ4v) is 5.41. The highest BCUT2D eigenvalue weighted by Crippen LogP contribution is 2.37. The number of halogens is 4. The van der Waals surface area contributed by atoms with Crippen LogP contribution < -0.4 is 10.0 Å². The number of imidazole rings is 1. The first-order valence-electron chi connectivity index (χ1n) is 12.1. The predicted molar refractivity (Wildman–Crippen MR) is 144 cm³/mol. The van der Waals surface area contributed by atoms with E-state index in [1.165, 1.54) is 18.2 Å². The number of carbonyl (C=O) groups excluding carboxylic acids is 1. The summed E-state index contributed by atoms with van der Waals surface area (Å²) in [6.45, 7) is 5.42. The summed E-state index contributed by atoms with van der Waals surface area (Å²) < 4.78 is 68.6. The normalized spacial score (nSPS) is 12.9.